The number of ether oxygens (including phenoxy) is 3. The zero-order chi connectivity index (χ0) is 25.2. The summed E-state index contributed by atoms with van der Waals surface area (Å²) in [6, 6.07) is 7.34. The van der Waals surface area contributed by atoms with E-state index in [-0.39, 0.29) is 41.9 Å². The number of aryl methyl sites for hydroxylation is 1. The molecule has 0 atom stereocenters. The van der Waals surface area contributed by atoms with E-state index in [4.69, 9.17) is 14.2 Å². The molecule has 2 aromatic carbocycles. The lowest BCUT2D eigenvalue weighted by atomic mass is 10.1. The molecule has 1 N–H and O–H groups in total. The van der Waals surface area contributed by atoms with Crippen LogP contribution in [-0.2, 0) is 14.8 Å². The van der Waals surface area contributed by atoms with Crippen LogP contribution in [0.3, 0.4) is 0 Å². The van der Waals surface area contributed by atoms with E-state index in [0.29, 0.717) is 49.1 Å². The van der Waals surface area contributed by atoms with Gasteiger partial charge < -0.3 is 19.5 Å². The topological polar surface area (TPSA) is 141 Å². The fourth-order valence-electron chi connectivity index (χ4n) is 3.97. The summed E-state index contributed by atoms with van der Waals surface area (Å²) in [5, 5.41) is 13.9. The number of fused-ring (bicyclic) bond motifs is 1. The highest BCUT2D eigenvalue weighted by Gasteiger charge is 2.30. The molecule has 0 saturated carbocycles. The molecule has 0 aromatic heterocycles. The van der Waals surface area contributed by atoms with Gasteiger partial charge in [0, 0.05) is 50.1 Å². The lowest BCUT2D eigenvalue weighted by Crippen LogP contribution is -2.50. The molecule has 188 valence electrons. The van der Waals surface area contributed by atoms with Gasteiger partial charge in [0.1, 0.15) is 13.2 Å². The van der Waals surface area contributed by atoms with Crippen molar-refractivity contribution in [1.82, 2.24) is 9.21 Å². The second kappa shape index (κ2) is 10.1. The molecule has 1 saturated heterocycles. The van der Waals surface area contributed by atoms with Crippen molar-refractivity contribution in [2.45, 2.75) is 11.8 Å². The molecule has 2 aliphatic rings. The van der Waals surface area contributed by atoms with Gasteiger partial charge in [-0.25, -0.2) is 8.42 Å². The maximum absolute atomic E-state index is 13.1. The normalized spacial score (nSPS) is 16.5. The lowest BCUT2D eigenvalue weighted by Gasteiger charge is -2.33. The molecule has 35 heavy (non-hydrogen) atoms. The molecule has 4 rings (SSSR count). The van der Waals surface area contributed by atoms with Gasteiger partial charge in [0.05, 0.1) is 23.5 Å². The van der Waals surface area contributed by atoms with Crippen LogP contribution in [0.15, 0.2) is 35.2 Å². The molecule has 2 aliphatic heterocycles. The van der Waals surface area contributed by atoms with Gasteiger partial charge in [-0.2, -0.15) is 4.31 Å². The van der Waals surface area contributed by atoms with Crippen LogP contribution in [0.5, 0.6) is 17.2 Å². The van der Waals surface area contributed by atoms with E-state index in [2.05, 4.69) is 5.32 Å². The van der Waals surface area contributed by atoms with Crippen molar-refractivity contribution >= 4 is 27.3 Å². The Bertz CT molecular complexity index is 1240. The number of amides is 1. The van der Waals surface area contributed by atoms with E-state index in [1.807, 2.05) is 4.90 Å². The van der Waals surface area contributed by atoms with Gasteiger partial charge in [-0.15, -0.1) is 0 Å². The molecule has 12 nitrogen and oxygen atoms in total. The third kappa shape index (κ3) is 5.31. The molecule has 0 spiro atoms. The number of nitrogens with one attached hydrogen (secondary N) is 1. The Balaban J connectivity index is 1.35. The third-order valence-electron chi connectivity index (χ3n) is 5.85. The van der Waals surface area contributed by atoms with Crippen LogP contribution in [0.2, 0.25) is 0 Å². The van der Waals surface area contributed by atoms with Crippen molar-refractivity contribution < 1.29 is 32.3 Å². The van der Waals surface area contributed by atoms with Gasteiger partial charge in [-0.3, -0.25) is 19.8 Å². The van der Waals surface area contributed by atoms with Gasteiger partial charge >= 0.3 is 5.69 Å². The average molecular weight is 507 g/mol. The van der Waals surface area contributed by atoms with Gasteiger partial charge in [0.15, 0.2) is 17.2 Å². The van der Waals surface area contributed by atoms with Crippen molar-refractivity contribution in [3.05, 3.63) is 46.0 Å². The summed E-state index contributed by atoms with van der Waals surface area (Å²) < 4.78 is 43.6. The number of piperazine rings is 1. The second-order valence-electron chi connectivity index (χ2n) is 8.13. The Labute approximate surface area is 202 Å². The van der Waals surface area contributed by atoms with Crippen LogP contribution >= 0.6 is 0 Å². The number of nitro benzene ring substituents is 1. The van der Waals surface area contributed by atoms with Crippen molar-refractivity contribution in [2.24, 2.45) is 0 Å². The number of rotatable bonds is 7. The first-order chi connectivity index (χ1) is 16.7. The number of hydrogen-bond acceptors (Lipinski definition) is 9. The Morgan fingerprint density at radius 2 is 1.80 bits per heavy atom. The Morgan fingerprint density at radius 3 is 2.46 bits per heavy atom. The summed E-state index contributed by atoms with van der Waals surface area (Å²) in [4.78, 5) is 25.2. The molecule has 0 aliphatic carbocycles. The number of nitro groups is 1. The minimum absolute atomic E-state index is 0.0499. The first-order valence-corrected chi connectivity index (χ1v) is 12.4. The van der Waals surface area contributed by atoms with Gasteiger partial charge in [-0.05, 0) is 24.6 Å². The van der Waals surface area contributed by atoms with Crippen molar-refractivity contribution in [3.63, 3.8) is 0 Å². The van der Waals surface area contributed by atoms with E-state index >= 15 is 0 Å². The molecule has 1 amide bonds. The summed E-state index contributed by atoms with van der Waals surface area (Å²) in [5.74, 6) is 0.665. The van der Waals surface area contributed by atoms with Crippen molar-refractivity contribution in [3.8, 4) is 17.2 Å². The smallest absolute Gasteiger partial charge is 0.311 e. The lowest BCUT2D eigenvalue weighted by molar-refractivity contribution is -0.385. The standard InChI is InChI=1S/C22H26N4O8S/c1-15-11-18(26(28)29)20(32-2)13-17(15)23-22(27)14-24-5-7-25(8-6-24)35(30,31)16-3-4-19-21(12-16)34-10-9-33-19/h3-4,11-13H,5-10,14H2,1-2H3,(H,23,27). The number of carbonyl (C=O) groups is 1. The molecule has 2 heterocycles. The highest BCUT2D eigenvalue weighted by Crippen LogP contribution is 2.34. The minimum atomic E-state index is -3.72. The van der Waals surface area contributed by atoms with Gasteiger partial charge in [-0.1, -0.05) is 0 Å². The third-order valence-corrected chi connectivity index (χ3v) is 7.74. The van der Waals surface area contributed by atoms with Gasteiger partial charge in [0.25, 0.3) is 0 Å². The molecule has 13 heteroatoms. The van der Waals surface area contributed by atoms with Crippen molar-refractivity contribution in [2.75, 3.05) is 58.4 Å². The summed E-state index contributed by atoms with van der Waals surface area (Å²) in [7, 11) is -2.40. The Kier molecular flexibility index (Phi) is 7.10. The Morgan fingerprint density at radius 1 is 1.11 bits per heavy atom. The van der Waals surface area contributed by atoms with Crippen LogP contribution < -0.4 is 19.5 Å². The number of benzene rings is 2. The highest BCUT2D eigenvalue weighted by atomic mass is 32.2. The number of anilines is 1. The zero-order valence-corrected chi connectivity index (χ0v) is 20.2. The number of methoxy groups -OCH3 is 1. The predicted molar refractivity (Wildman–Crippen MR) is 126 cm³/mol. The van der Waals surface area contributed by atoms with Crippen molar-refractivity contribution in [1.29, 1.82) is 0 Å². The second-order valence-corrected chi connectivity index (χ2v) is 10.1. The highest BCUT2D eigenvalue weighted by molar-refractivity contribution is 7.89. The molecule has 0 radical (unpaired) electrons. The monoisotopic (exact) mass is 506 g/mol. The van der Waals surface area contributed by atoms with E-state index < -0.39 is 14.9 Å². The first kappa shape index (κ1) is 24.7. The van der Waals surface area contributed by atoms with Crippen LogP contribution in [0, 0.1) is 17.0 Å². The summed E-state index contributed by atoms with van der Waals surface area (Å²) in [6.45, 7) is 3.71. The Hall–Kier alpha value is -3.42. The average Bonchev–Trinajstić information content (AvgIpc) is 2.84. The largest absolute Gasteiger partial charge is 0.490 e. The summed E-state index contributed by atoms with van der Waals surface area (Å²) in [5.41, 5.74) is 0.761. The fourth-order valence-corrected chi connectivity index (χ4v) is 5.41. The molecule has 1 fully saturated rings. The van der Waals surface area contributed by atoms with Crippen LogP contribution in [0.1, 0.15) is 5.56 Å². The van der Waals surface area contributed by atoms with E-state index in [1.54, 1.807) is 13.0 Å². The maximum atomic E-state index is 13.1. The van der Waals surface area contributed by atoms with Gasteiger partial charge in [0.2, 0.25) is 15.9 Å². The summed E-state index contributed by atoms with van der Waals surface area (Å²) >= 11 is 0. The first-order valence-electron chi connectivity index (χ1n) is 10.9. The number of sulfonamides is 1. The van der Waals surface area contributed by atoms with E-state index in [0.717, 1.165) is 0 Å². The minimum Gasteiger partial charge on any atom is -0.490 e. The number of hydrogen-bond donors (Lipinski definition) is 1. The number of carbonyl (C=O) groups excluding carboxylic acids is 1. The predicted octanol–water partition coefficient (Wildman–Crippen LogP) is 1.63. The molecular formula is C22H26N4O8S. The fraction of sp³-hybridized carbons (Fsp3) is 0.409. The molecule has 0 bridgehead atoms. The van der Waals surface area contributed by atoms with Crippen LogP contribution in [0.25, 0.3) is 0 Å². The molecular weight excluding hydrogens is 480 g/mol. The van der Waals surface area contributed by atoms with E-state index in [1.165, 1.54) is 35.7 Å². The quantitative estimate of drug-likeness (QED) is 0.438. The number of nitrogens with zero attached hydrogens (tertiary/aromatic N) is 3. The SMILES string of the molecule is COc1cc(NC(=O)CN2CCN(S(=O)(=O)c3ccc4c(c3)OCCO4)CC2)c(C)cc1[N+](=O)[O-]. The van der Waals surface area contributed by atoms with Crippen LogP contribution in [-0.4, -0.2) is 81.5 Å². The van der Waals surface area contributed by atoms with E-state index in [9.17, 15) is 23.3 Å². The maximum Gasteiger partial charge on any atom is 0.311 e. The zero-order valence-electron chi connectivity index (χ0n) is 19.4. The van der Waals surface area contributed by atoms with Crippen LogP contribution in [0.4, 0.5) is 11.4 Å². The molecule has 0 unspecified atom stereocenters. The summed E-state index contributed by atoms with van der Waals surface area (Å²) in [6.07, 6.45) is 0. The molecule has 2 aromatic rings.